The molecule has 2 aliphatic heterocycles. The Labute approximate surface area is 236 Å². The summed E-state index contributed by atoms with van der Waals surface area (Å²) in [5.74, 6) is -0.0177. The van der Waals surface area contributed by atoms with Crippen molar-refractivity contribution in [3.8, 4) is 5.75 Å². The first-order chi connectivity index (χ1) is 19.3. The van der Waals surface area contributed by atoms with Gasteiger partial charge in [-0.15, -0.1) is 0 Å². The van der Waals surface area contributed by atoms with Gasteiger partial charge in [0, 0.05) is 31.7 Å². The first kappa shape index (κ1) is 27.4. The molecule has 0 aliphatic carbocycles. The molecular weight excluding hydrogens is 502 g/mol. The number of carbonyl (C=O) groups excluding carboxylic acids is 3. The first-order valence-corrected chi connectivity index (χ1v) is 14.1. The number of likely N-dealkylation sites (tertiary alicyclic amines) is 1. The van der Waals surface area contributed by atoms with Crippen LogP contribution in [0.4, 0.5) is 5.69 Å². The van der Waals surface area contributed by atoms with E-state index in [-0.39, 0.29) is 24.3 Å². The second-order valence-corrected chi connectivity index (χ2v) is 11.1. The van der Waals surface area contributed by atoms with Gasteiger partial charge in [-0.3, -0.25) is 19.3 Å². The van der Waals surface area contributed by atoms with Crippen LogP contribution in [0, 0.1) is 0 Å². The molecule has 3 aromatic rings. The van der Waals surface area contributed by atoms with Crippen molar-refractivity contribution in [2.75, 3.05) is 31.1 Å². The van der Waals surface area contributed by atoms with Crippen molar-refractivity contribution in [3.63, 3.8) is 0 Å². The summed E-state index contributed by atoms with van der Waals surface area (Å²) in [4.78, 5) is 45.8. The minimum absolute atomic E-state index is 0.0714. The van der Waals surface area contributed by atoms with Crippen LogP contribution in [0.2, 0.25) is 0 Å². The number of piperidine rings is 1. The predicted molar refractivity (Wildman–Crippen MR) is 155 cm³/mol. The van der Waals surface area contributed by atoms with E-state index in [1.54, 1.807) is 32.0 Å². The topological polar surface area (TPSA) is 70.2 Å². The van der Waals surface area contributed by atoms with Crippen LogP contribution in [0.25, 0.3) is 0 Å². The van der Waals surface area contributed by atoms with E-state index in [1.807, 2.05) is 58.3 Å². The lowest BCUT2D eigenvalue weighted by Crippen LogP contribution is -2.55. The van der Waals surface area contributed by atoms with E-state index in [0.717, 1.165) is 36.8 Å². The smallest absolute Gasteiger partial charge is 0.271 e. The van der Waals surface area contributed by atoms with Gasteiger partial charge in [0.15, 0.2) is 5.60 Å². The second-order valence-electron chi connectivity index (χ2n) is 11.1. The number of hydrogen-bond donors (Lipinski definition) is 0. The van der Waals surface area contributed by atoms with Gasteiger partial charge in [0.2, 0.25) is 5.91 Å². The fraction of sp³-hybridized carbons (Fsp3) is 0.364. The summed E-state index contributed by atoms with van der Waals surface area (Å²) < 4.78 is 6.04. The number of carbonyl (C=O) groups is 3. The first-order valence-electron chi connectivity index (χ1n) is 14.1. The number of nitrogens with zero attached hydrogens (tertiary/aromatic N) is 3. The fourth-order valence-electron chi connectivity index (χ4n) is 5.38. The van der Waals surface area contributed by atoms with Crippen LogP contribution in [0.5, 0.6) is 5.75 Å². The summed E-state index contributed by atoms with van der Waals surface area (Å²) in [6, 6.07) is 25.2. The lowest BCUT2D eigenvalue weighted by molar-refractivity contribution is -0.137. The van der Waals surface area contributed by atoms with Gasteiger partial charge in [0.05, 0.1) is 5.69 Å². The molecule has 0 radical (unpaired) electrons. The molecule has 1 fully saturated rings. The number of amides is 3. The third-order valence-corrected chi connectivity index (χ3v) is 7.64. The lowest BCUT2D eigenvalue weighted by atomic mass is 10.0. The zero-order chi connectivity index (χ0) is 28.1. The van der Waals surface area contributed by atoms with E-state index in [4.69, 9.17) is 4.74 Å². The highest BCUT2D eigenvalue weighted by Crippen LogP contribution is 2.38. The second kappa shape index (κ2) is 11.9. The Morgan fingerprint density at radius 1 is 0.875 bits per heavy atom. The van der Waals surface area contributed by atoms with E-state index in [0.29, 0.717) is 43.2 Å². The third-order valence-electron chi connectivity index (χ3n) is 7.64. The maximum Gasteiger partial charge on any atom is 0.271 e. The maximum atomic E-state index is 13.9. The molecule has 1 saturated heterocycles. The molecule has 7 heteroatoms. The van der Waals surface area contributed by atoms with Crippen LogP contribution in [0.1, 0.15) is 54.6 Å². The van der Waals surface area contributed by atoms with E-state index in [2.05, 4.69) is 12.1 Å². The number of benzene rings is 3. The van der Waals surface area contributed by atoms with Crippen molar-refractivity contribution < 1.29 is 19.1 Å². The molecule has 3 amide bonds. The molecule has 0 aromatic heterocycles. The monoisotopic (exact) mass is 539 g/mol. The number of hydrogen-bond acceptors (Lipinski definition) is 4. The van der Waals surface area contributed by atoms with Crippen molar-refractivity contribution in [1.82, 2.24) is 9.80 Å². The minimum Gasteiger partial charge on any atom is -0.476 e. The molecular formula is C33H37N3O4. The van der Waals surface area contributed by atoms with Gasteiger partial charge in [-0.2, -0.15) is 0 Å². The summed E-state index contributed by atoms with van der Waals surface area (Å²) in [5, 5.41) is 0. The van der Waals surface area contributed by atoms with Gasteiger partial charge in [0.25, 0.3) is 11.8 Å². The Bertz CT molecular complexity index is 1350. The Morgan fingerprint density at radius 2 is 1.52 bits per heavy atom. The van der Waals surface area contributed by atoms with Crippen molar-refractivity contribution in [2.45, 2.75) is 51.7 Å². The number of rotatable bonds is 8. The van der Waals surface area contributed by atoms with Crippen LogP contribution >= 0.6 is 0 Å². The van der Waals surface area contributed by atoms with Crippen LogP contribution < -0.4 is 9.64 Å². The molecule has 0 N–H and O–H groups in total. The Balaban J connectivity index is 1.43. The summed E-state index contributed by atoms with van der Waals surface area (Å²) in [7, 11) is 0. The van der Waals surface area contributed by atoms with Gasteiger partial charge < -0.3 is 14.5 Å². The normalized spacial score (nSPS) is 16.2. The van der Waals surface area contributed by atoms with Crippen LogP contribution in [-0.4, -0.2) is 59.3 Å². The van der Waals surface area contributed by atoms with Crippen molar-refractivity contribution >= 4 is 23.4 Å². The summed E-state index contributed by atoms with van der Waals surface area (Å²) in [6.45, 7) is 5.77. The Kier molecular flexibility index (Phi) is 8.19. The zero-order valence-electron chi connectivity index (χ0n) is 23.3. The van der Waals surface area contributed by atoms with Crippen LogP contribution in [-0.2, 0) is 22.6 Å². The standard InChI is InChI=1S/C33H37N3O4/c1-33(2)32(39)36(24-30(37)34-19-10-5-11-20-34)28-22-27(16-17-29(28)40-33)31(38)35(23-26-14-8-4-9-15-26)21-18-25-12-6-3-7-13-25/h3-4,6-9,12-17,22H,5,10-11,18-21,23-24H2,1-2H3. The number of anilines is 1. The van der Waals surface area contributed by atoms with Gasteiger partial charge in [-0.05, 0) is 68.9 Å². The molecule has 5 rings (SSSR count). The average molecular weight is 540 g/mol. The molecule has 0 unspecified atom stereocenters. The lowest BCUT2D eigenvalue weighted by Gasteiger charge is -2.39. The molecule has 0 bridgehead atoms. The number of fused-ring (bicyclic) bond motifs is 1. The molecule has 0 atom stereocenters. The maximum absolute atomic E-state index is 13.9. The quantitative estimate of drug-likeness (QED) is 0.400. The number of ether oxygens (including phenoxy) is 1. The van der Waals surface area contributed by atoms with E-state index >= 15 is 0 Å². The van der Waals surface area contributed by atoms with Crippen molar-refractivity contribution in [1.29, 1.82) is 0 Å². The van der Waals surface area contributed by atoms with E-state index in [1.165, 1.54) is 4.90 Å². The molecule has 208 valence electrons. The largest absolute Gasteiger partial charge is 0.476 e. The van der Waals surface area contributed by atoms with Gasteiger partial charge in [-0.25, -0.2) is 0 Å². The Morgan fingerprint density at radius 3 is 2.20 bits per heavy atom. The van der Waals surface area contributed by atoms with Crippen LogP contribution in [0.3, 0.4) is 0 Å². The van der Waals surface area contributed by atoms with E-state index < -0.39 is 5.60 Å². The highest BCUT2D eigenvalue weighted by atomic mass is 16.5. The van der Waals surface area contributed by atoms with Gasteiger partial charge in [-0.1, -0.05) is 60.7 Å². The van der Waals surface area contributed by atoms with Crippen molar-refractivity contribution in [2.24, 2.45) is 0 Å². The van der Waals surface area contributed by atoms with Gasteiger partial charge >= 0.3 is 0 Å². The average Bonchev–Trinajstić information content (AvgIpc) is 2.98. The highest BCUT2D eigenvalue weighted by Gasteiger charge is 2.42. The molecule has 7 nitrogen and oxygen atoms in total. The van der Waals surface area contributed by atoms with Crippen LogP contribution in [0.15, 0.2) is 78.9 Å². The van der Waals surface area contributed by atoms with Gasteiger partial charge in [0.1, 0.15) is 12.3 Å². The molecule has 0 saturated carbocycles. The zero-order valence-corrected chi connectivity index (χ0v) is 23.3. The SMILES string of the molecule is CC1(C)Oc2ccc(C(=O)N(CCc3ccccc3)Cc3ccccc3)cc2N(CC(=O)N2CCCCC2)C1=O. The minimum atomic E-state index is -1.12. The molecule has 2 aliphatic rings. The molecule has 40 heavy (non-hydrogen) atoms. The highest BCUT2D eigenvalue weighted by molar-refractivity contribution is 6.07. The molecule has 0 spiro atoms. The molecule has 3 aromatic carbocycles. The third kappa shape index (κ3) is 6.19. The summed E-state index contributed by atoms with van der Waals surface area (Å²) >= 11 is 0. The Hall–Kier alpha value is -4.13. The fourth-order valence-corrected chi connectivity index (χ4v) is 5.38. The predicted octanol–water partition coefficient (Wildman–Crippen LogP) is 5.09. The summed E-state index contributed by atoms with van der Waals surface area (Å²) in [6.07, 6.45) is 3.79. The summed E-state index contributed by atoms with van der Waals surface area (Å²) in [5.41, 5.74) is 1.99. The van der Waals surface area contributed by atoms with Crippen molar-refractivity contribution in [3.05, 3.63) is 95.6 Å². The molecule has 2 heterocycles. The van der Waals surface area contributed by atoms with E-state index in [9.17, 15) is 14.4 Å².